The van der Waals surface area contributed by atoms with Gasteiger partial charge in [-0.1, -0.05) is 46.0 Å². The second kappa shape index (κ2) is 8.08. The van der Waals surface area contributed by atoms with Crippen LogP contribution < -0.4 is 5.73 Å². The third-order valence-electron chi connectivity index (χ3n) is 4.04. The molecular formula is C14H30N2. The molecule has 0 aromatic carbocycles. The third-order valence-corrected chi connectivity index (χ3v) is 4.04. The Kier molecular flexibility index (Phi) is 7.06. The van der Waals surface area contributed by atoms with E-state index in [9.17, 15) is 0 Å². The molecule has 0 amide bonds. The van der Waals surface area contributed by atoms with Crippen molar-refractivity contribution >= 4 is 0 Å². The molecule has 1 fully saturated rings. The first-order chi connectivity index (χ1) is 7.83. The summed E-state index contributed by atoms with van der Waals surface area (Å²) in [6.45, 7) is 6.58. The molecule has 1 aliphatic carbocycles. The molecule has 0 saturated heterocycles. The van der Waals surface area contributed by atoms with Gasteiger partial charge in [-0.15, -0.1) is 0 Å². The molecule has 0 bridgehead atoms. The Morgan fingerprint density at radius 2 is 1.88 bits per heavy atom. The van der Waals surface area contributed by atoms with Crippen LogP contribution in [-0.2, 0) is 0 Å². The first kappa shape index (κ1) is 14.0. The maximum atomic E-state index is 5.96. The van der Waals surface area contributed by atoms with E-state index in [0.29, 0.717) is 6.04 Å². The molecule has 1 aliphatic rings. The molecular weight excluding hydrogens is 196 g/mol. The fourth-order valence-electron chi connectivity index (χ4n) is 3.10. The summed E-state index contributed by atoms with van der Waals surface area (Å²) in [4.78, 5) is 2.68. The molecule has 0 aromatic rings. The highest BCUT2D eigenvalue weighted by Crippen LogP contribution is 2.26. The van der Waals surface area contributed by atoms with E-state index in [1.165, 1.54) is 57.9 Å². The molecule has 0 aliphatic heterocycles. The Morgan fingerprint density at radius 3 is 2.38 bits per heavy atom. The van der Waals surface area contributed by atoms with Crippen LogP contribution in [-0.4, -0.2) is 30.1 Å². The zero-order chi connectivity index (χ0) is 11.8. The zero-order valence-corrected chi connectivity index (χ0v) is 11.3. The Labute approximate surface area is 102 Å². The van der Waals surface area contributed by atoms with Gasteiger partial charge in [0.05, 0.1) is 0 Å². The van der Waals surface area contributed by atoms with E-state index in [2.05, 4.69) is 18.7 Å². The topological polar surface area (TPSA) is 29.3 Å². The molecule has 1 unspecified atom stereocenters. The minimum absolute atomic E-state index is 0.639. The minimum atomic E-state index is 0.639. The van der Waals surface area contributed by atoms with Crippen molar-refractivity contribution in [2.75, 3.05) is 13.1 Å². The van der Waals surface area contributed by atoms with E-state index >= 15 is 0 Å². The molecule has 2 heteroatoms. The van der Waals surface area contributed by atoms with Gasteiger partial charge >= 0.3 is 0 Å². The molecule has 0 heterocycles. The Hall–Kier alpha value is -0.0800. The zero-order valence-electron chi connectivity index (χ0n) is 11.3. The van der Waals surface area contributed by atoms with Crippen LogP contribution in [0.5, 0.6) is 0 Å². The van der Waals surface area contributed by atoms with Crippen molar-refractivity contribution in [1.82, 2.24) is 4.90 Å². The molecule has 16 heavy (non-hydrogen) atoms. The maximum absolute atomic E-state index is 5.96. The van der Waals surface area contributed by atoms with Gasteiger partial charge in [-0.3, -0.25) is 4.90 Å². The van der Waals surface area contributed by atoms with Crippen molar-refractivity contribution in [2.45, 2.75) is 77.3 Å². The molecule has 1 rings (SSSR count). The lowest BCUT2D eigenvalue weighted by atomic mass is 10.0. The highest BCUT2D eigenvalue weighted by Gasteiger charge is 2.26. The molecule has 2 nitrogen and oxygen atoms in total. The lowest BCUT2D eigenvalue weighted by Crippen LogP contribution is -2.45. The fraction of sp³-hybridized carbons (Fsp3) is 1.00. The second-order valence-corrected chi connectivity index (χ2v) is 5.15. The van der Waals surface area contributed by atoms with Crippen molar-refractivity contribution in [1.29, 1.82) is 0 Å². The average molecular weight is 226 g/mol. The fourth-order valence-corrected chi connectivity index (χ4v) is 3.10. The van der Waals surface area contributed by atoms with E-state index < -0.39 is 0 Å². The highest BCUT2D eigenvalue weighted by molar-refractivity contribution is 4.82. The van der Waals surface area contributed by atoms with Gasteiger partial charge < -0.3 is 5.73 Å². The predicted molar refractivity (Wildman–Crippen MR) is 71.6 cm³/mol. The van der Waals surface area contributed by atoms with Gasteiger partial charge in [0.1, 0.15) is 0 Å². The monoisotopic (exact) mass is 226 g/mol. The Morgan fingerprint density at radius 1 is 1.19 bits per heavy atom. The van der Waals surface area contributed by atoms with Gasteiger partial charge in [-0.25, -0.2) is 0 Å². The van der Waals surface area contributed by atoms with Crippen LogP contribution in [0.4, 0.5) is 0 Å². The normalized spacial score (nSPS) is 19.5. The molecule has 0 radical (unpaired) electrons. The summed E-state index contributed by atoms with van der Waals surface area (Å²) in [6, 6.07) is 1.47. The Bertz CT molecular complexity index is 164. The number of hydrogen-bond donors (Lipinski definition) is 1. The van der Waals surface area contributed by atoms with Crippen molar-refractivity contribution in [3.63, 3.8) is 0 Å². The molecule has 2 N–H and O–H groups in total. The summed E-state index contributed by atoms with van der Waals surface area (Å²) >= 11 is 0. The van der Waals surface area contributed by atoms with Crippen molar-refractivity contribution < 1.29 is 0 Å². The van der Waals surface area contributed by atoms with E-state index in [-0.39, 0.29) is 0 Å². The van der Waals surface area contributed by atoms with Crippen LogP contribution in [0, 0.1) is 0 Å². The summed E-state index contributed by atoms with van der Waals surface area (Å²) in [7, 11) is 0. The van der Waals surface area contributed by atoms with E-state index in [0.717, 1.165) is 12.6 Å². The standard InChI is InChI=1S/C14H30N2/c1-3-5-6-11-14(12-15)16(4-2)13-9-7-8-10-13/h13-14H,3-12,15H2,1-2H3. The van der Waals surface area contributed by atoms with Crippen LogP contribution in [0.3, 0.4) is 0 Å². The second-order valence-electron chi connectivity index (χ2n) is 5.15. The quantitative estimate of drug-likeness (QED) is 0.644. The van der Waals surface area contributed by atoms with E-state index in [1.807, 2.05) is 0 Å². The number of rotatable bonds is 8. The van der Waals surface area contributed by atoms with Gasteiger partial charge in [0.2, 0.25) is 0 Å². The molecule has 96 valence electrons. The largest absolute Gasteiger partial charge is 0.329 e. The summed E-state index contributed by atoms with van der Waals surface area (Å²) in [6.07, 6.45) is 11.0. The summed E-state index contributed by atoms with van der Waals surface area (Å²) in [5.74, 6) is 0. The van der Waals surface area contributed by atoms with Crippen LogP contribution in [0.2, 0.25) is 0 Å². The third kappa shape index (κ3) is 4.06. The van der Waals surface area contributed by atoms with Crippen LogP contribution in [0.15, 0.2) is 0 Å². The minimum Gasteiger partial charge on any atom is -0.329 e. The average Bonchev–Trinajstić information content (AvgIpc) is 2.82. The number of hydrogen-bond acceptors (Lipinski definition) is 2. The first-order valence-electron chi connectivity index (χ1n) is 7.29. The Balaban J connectivity index is 2.39. The van der Waals surface area contributed by atoms with Crippen molar-refractivity contribution in [3.8, 4) is 0 Å². The van der Waals surface area contributed by atoms with Crippen LogP contribution in [0.1, 0.15) is 65.2 Å². The van der Waals surface area contributed by atoms with E-state index in [4.69, 9.17) is 5.73 Å². The van der Waals surface area contributed by atoms with E-state index in [1.54, 1.807) is 0 Å². The maximum Gasteiger partial charge on any atom is 0.0221 e. The van der Waals surface area contributed by atoms with Crippen molar-refractivity contribution in [3.05, 3.63) is 0 Å². The molecule has 1 atom stereocenters. The molecule has 0 spiro atoms. The lowest BCUT2D eigenvalue weighted by molar-refractivity contribution is 0.137. The van der Waals surface area contributed by atoms with Crippen LogP contribution >= 0.6 is 0 Å². The van der Waals surface area contributed by atoms with Gasteiger partial charge in [0, 0.05) is 18.6 Å². The number of nitrogens with two attached hydrogens (primary N) is 1. The lowest BCUT2D eigenvalue weighted by Gasteiger charge is -2.35. The first-order valence-corrected chi connectivity index (χ1v) is 7.29. The summed E-state index contributed by atoms with van der Waals surface area (Å²) < 4.78 is 0. The number of unbranched alkanes of at least 4 members (excludes halogenated alkanes) is 2. The SMILES string of the molecule is CCCCCC(CN)N(CC)C1CCCC1. The smallest absolute Gasteiger partial charge is 0.0221 e. The summed E-state index contributed by atoms with van der Waals surface area (Å²) in [5, 5.41) is 0. The van der Waals surface area contributed by atoms with Gasteiger partial charge in [0.15, 0.2) is 0 Å². The van der Waals surface area contributed by atoms with Gasteiger partial charge in [-0.2, -0.15) is 0 Å². The van der Waals surface area contributed by atoms with Gasteiger partial charge in [-0.05, 0) is 25.8 Å². The van der Waals surface area contributed by atoms with Crippen molar-refractivity contribution in [2.24, 2.45) is 5.73 Å². The van der Waals surface area contributed by atoms with Gasteiger partial charge in [0.25, 0.3) is 0 Å². The van der Waals surface area contributed by atoms with Crippen LogP contribution in [0.25, 0.3) is 0 Å². The highest BCUT2D eigenvalue weighted by atomic mass is 15.2. The number of nitrogens with zero attached hydrogens (tertiary/aromatic N) is 1. The molecule has 1 saturated carbocycles. The number of likely N-dealkylation sites (N-methyl/N-ethyl adjacent to an activating group) is 1. The predicted octanol–water partition coefficient (Wildman–Crippen LogP) is 3.16. The summed E-state index contributed by atoms with van der Waals surface area (Å²) in [5.41, 5.74) is 5.96. The molecule has 0 aromatic heterocycles.